The second-order valence-electron chi connectivity index (χ2n) is 14.4. The zero-order chi connectivity index (χ0) is 45.2. The number of nitrogens with zero attached hydrogens (tertiary/aromatic N) is 1. The monoisotopic (exact) mass is 735 g/mol. The average molecular weight is 736 g/mol. The smallest absolute Gasteiger partial charge is 0.0651 e. The molecule has 0 aliphatic carbocycles. The van der Waals surface area contributed by atoms with Crippen molar-refractivity contribution in [1.29, 1.82) is 0 Å². The lowest BCUT2D eigenvalue weighted by molar-refractivity contribution is 0.590. The molecule has 1 N–H and O–H groups in total. The van der Waals surface area contributed by atoms with Crippen LogP contribution < -0.4 is 10.2 Å². The number of rotatable bonds is 8. The van der Waals surface area contributed by atoms with Crippen molar-refractivity contribution in [2.75, 3.05) is 10.2 Å². The van der Waals surface area contributed by atoms with Crippen molar-refractivity contribution in [3.8, 4) is 33.4 Å². The van der Waals surface area contributed by atoms with E-state index in [1.807, 2.05) is 109 Å². The summed E-state index contributed by atoms with van der Waals surface area (Å²) in [5.74, 6) is 0. The van der Waals surface area contributed by atoms with Gasteiger partial charge in [-0.3, -0.25) is 0 Å². The van der Waals surface area contributed by atoms with Crippen molar-refractivity contribution in [2.24, 2.45) is 0 Å². The number of fused-ring (bicyclic) bond motifs is 3. The Bertz CT molecular complexity index is 3200. The zero-order valence-corrected chi connectivity index (χ0v) is 31.5. The van der Waals surface area contributed by atoms with Crippen molar-refractivity contribution in [3.05, 3.63) is 199 Å². The molecule has 3 heteroatoms. The van der Waals surface area contributed by atoms with Crippen LogP contribution in [0.4, 0.5) is 28.4 Å². The summed E-state index contributed by atoms with van der Waals surface area (Å²) in [5.41, 5.74) is 5.60. The highest BCUT2D eigenvalue weighted by Gasteiger charge is 2.25. The Kier molecular flexibility index (Phi) is 6.71. The Morgan fingerprint density at radius 3 is 1.89 bits per heavy atom. The first-order valence-corrected chi connectivity index (χ1v) is 19.0. The van der Waals surface area contributed by atoms with Crippen molar-refractivity contribution < 1.29 is 12.3 Å². The minimum Gasteiger partial charge on any atom is -0.355 e. The van der Waals surface area contributed by atoms with Gasteiger partial charge < -0.3 is 10.2 Å². The first-order valence-electron chi connectivity index (χ1n) is 22.7. The fourth-order valence-electron chi connectivity index (χ4n) is 7.08. The molecule has 2 nitrogen and oxygen atoms in total. The van der Waals surface area contributed by atoms with Gasteiger partial charge in [-0.25, -0.2) is 0 Å². The van der Waals surface area contributed by atoms with Crippen LogP contribution in [0.3, 0.4) is 0 Å². The molecular weight excluding hydrogens is 685 g/mol. The van der Waals surface area contributed by atoms with Crippen LogP contribution in [0.25, 0.3) is 53.6 Å². The van der Waals surface area contributed by atoms with Gasteiger partial charge >= 0.3 is 0 Å². The van der Waals surface area contributed by atoms with E-state index in [-0.39, 0.29) is 16.8 Å². The summed E-state index contributed by atoms with van der Waals surface area (Å²) in [5, 5.41) is 5.97. The van der Waals surface area contributed by atoms with Gasteiger partial charge in [-0.05, 0) is 81.7 Å². The molecule has 0 bridgehead atoms. The standard InChI is InChI=1S/C52H42N2S/c1-52(2,3)40-33-41(53-47-29-17-31-49-50(47)46-26-13-14-30-48(46)55-49)35-43(34-40)54(42-25-15-24-39(32-42)36-18-7-4-8-19-36)51-44(37-20-9-5-10-21-37)27-16-28-45(51)38-22-11-6-12-23-38/h4-35,53H,1-3H3/i4D,7D,8D,15D,18D,19D,24D,25D,32D. The second kappa shape index (κ2) is 14.4. The molecule has 266 valence electrons. The van der Waals surface area contributed by atoms with Crippen LogP contribution in [0.1, 0.15) is 38.7 Å². The van der Waals surface area contributed by atoms with E-state index in [1.54, 1.807) is 16.2 Å². The van der Waals surface area contributed by atoms with E-state index in [1.165, 1.54) is 0 Å². The molecule has 1 heterocycles. The SMILES string of the molecule is [2H]c1c([2H])c([2H])c(-c2c([2H])c([2H])c([2H])c(N(c3cc(Nc4cccc5sc6ccccc6c45)cc(C(C)(C)C)c3)c3c(-c4ccccc4)cccc3-c3ccccc3)c2[2H])c([2H])c1[2H]. The predicted molar refractivity (Wildman–Crippen MR) is 239 cm³/mol. The molecule has 0 atom stereocenters. The van der Waals surface area contributed by atoms with E-state index in [0.717, 1.165) is 59.4 Å². The lowest BCUT2D eigenvalue weighted by Crippen LogP contribution is -2.16. The Hall–Kier alpha value is -6.42. The van der Waals surface area contributed by atoms with Gasteiger partial charge in [-0.15, -0.1) is 11.3 Å². The molecule has 0 spiro atoms. The lowest BCUT2D eigenvalue weighted by Gasteiger charge is -2.32. The molecule has 0 aliphatic heterocycles. The largest absolute Gasteiger partial charge is 0.355 e. The van der Waals surface area contributed by atoms with Crippen LogP contribution in [0, 0.1) is 0 Å². The second-order valence-corrected chi connectivity index (χ2v) is 15.5. The number of thiophene rings is 1. The van der Waals surface area contributed by atoms with Crippen molar-refractivity contribution in [3.63, 3.8) is 0 Å². The molecule has 55 heavy (non-hydrogen) atoms. The minimum atomic E-state index is -0.627. The number of anilines is 5. The lowest BCUT2D eigenvalue weighted by atomic mass is 9.86. The number of hydrogen-bond acceptors (Lipinski definition) is 3. The molecule has 9 aromatic rings. The first-order chi connectivity index (χ1) is 30.6. The Labute approximate surface area is 340 Å². The summed E-state index contributed by atoms with van der Waals surface area (Å²) in [6.07, 6.45) is 0. The fourth-order valence-corrected chi connectivity index (χ4v) is 8.21. The third-order valence-corrected chi connectivity index (χ3v) is 10.9. The Balaban J connectivity index is 1.42. The summed E-state index contributed by atoms with van der Waals surface area (Å²) in [6, 6.07) is 41.0. The van der Waals surface area contributed by atoms with E-state index >= 15 is 0 Å². The highest BCUT2D eigenvalue weighted by atomic mass is 32.1. The molecule has 1 aromatic heterocycles. The number of benzene rings is 8. The fraction of sp³-hybridized carbons (Fsp3) is 0.0769. The van der Waals surface area contributed by atoms with Crippen LogP contribution >= 0.6 is 11.3 Å². The van der Waals surface area contributed by atoms with Crippen LogP contribution in [0.2, 0.25) is 0 Å². The van der Waals surface area contributed by atoms with Gasteiger partial charge in [-0.1, -0.05) is 166 Å². The van der Waals surface area contributed by atoms with Gasteiger partial charge in [0.1, 0.15) is 0 Å². The highest BCUT2D eigenvalue weighted by molar-refractivity contribution is 7.26. The van der Waals surface area contributed by atoms with Gasteiger partial charge in [0, 0.05) is 54.0 Å². The zero-order valence-electron chi connectivity index (χ0n) is 39.6. The topological polar surface area (TPSA) is 15.3 Å². The third-order valence-electron chi connectivity index (χ3n) is 9.74. The molecule has 0 amide bonds. The summed E-state index contributed by atoms with van der Waals surface area (Å²) in [4.78, 5) is 1.80. The quantitative estimate of drug-likeness (QED) is 0.167. The maximum absolute atomic E-state index is 10.1. The Morgan fingerprint density at radius 2 is 1.18 bits per heavy atom. The van der Waals surface area contributed by atoms with E-state index in [0.29, 0.717) is 11.4 Å². The van der Waals surface area contributed by atoms with Crippen molar-refractivity contribution in [2.45, 2.75) is 26.2 Å². The normalized spacial score (nSPS) is 13.8. The van der Waals surface area contributed by atoms with Crippen LogP contribution in [-0.4, -0.2) is 0 Å². The molecule has 0 aliphatic rings. The summed E-state index contributed by atoms with van der Waals surface area (Å²) >= 11 is 1.72. The molecule has 8 aromatic carbocycles. The molecule has 0 saturated heterocycles. The number of para-hydroxylation sites is 1. The summed E-state index contributed by atoms with van der Waals surface area (Å²) in [6.45, 7) is 6.33. The van der Waals surface area contributed by atoms with Gasteiger partial charge in [0.25, 0.3) is 0 Å². The summed E-state index contributed by atoms with van der Waals surface area (Å²) < 4.78 is 83.9. The van der Waals surface area contributed by atoms with E-state index in [4.69, 9.17) is 6.85 Å². The number of hydrogen-bond donors (Lipinski definition) is 1. The molecular formula is C52H42N2S. The first kappa shape index (κ1) is 25.6. The van der Waals surface area contributed by atoms with Gasteiger partial charge in [0.15, 0.2) is 0 Å². The van der Waals surface area contributed by atoms with Crippen molar-refractivity contribution >= 4 is 59.9 Å². The Morgan fingerprint density at radius 1 is 0.545 bits per heavy atom. The van der Waals surface area contributed by atoms with E-state index in [2.05, 4.69) is 56.4 Å². The molecule has 0 saturated carbocycles. The maximum atomic E-state index is 10.1. The molecule has 9 rings (SSSR count). The van der Waals surface area contributed by atoms with E-state index in [9.17, 15) is 5.48 Å². The van der Waals surface area contributed by atoms with E-state index < -0.39 is 59.8 Å². The minimum absolute atomic E-state index is 0.0914. The average Bonchev–Trinajstić information content (AvgIpc) is 3.69. The van der Waals surface area contributed by atoms with Crippen LogP contribution in [-0.2, 0) is 5.41 Å². The number of nitrogens with one attached hydrogen (secondary N) is 1. The summed E-state index contributed by atoms with van der Waals surface area (Å²) in [7, 11) is 0. The van der Waals surface area contributed by atoms with Gasteiger partial charge in [0.05, 0.1) is 18.0 Å². The van der Waals surface area contributed by atoms with Crippen LogP contribution in [0.5, 0.6) is 0 Å². The highest BCUT2D eigenvalue weighted by Crippen LogP contribution is 2.49. The van der Waals surface area contributed by atoms with Gasteiger partial charge in [-0.2, -0.15) is 0 Å². The van der Waals surface area contributed by atoms with Crippen molar-refractivity contribution in [1.82, 2.24) is 0 Å². The third kappa shape index (κ3) is 6.80. The van der Waals surface area contributed by atoms with Crippen LogP contribution in [0.15, 0.2) is 194 Å². The molecule has 0 fully saturated rings. The molecule has 0 unspecified atom stereocenters. The molecule has 0 radical (unpaired) electrons. The maximum Gasteiger partial charge on any atom is 0.0651 e. The van der Waals surface area contributed by atoms with Gasteiger partial charge in [0.2, 0.25) is 0 Å². The predicted octanol–water partition coefficient (Wildman–Crippen LogP) is 15.6.